The van der Waals surface area contributed by atoms with E-state index >= 15 is 0 Å². The Morgan fingerprint density at radius 2 is 2.00 bits per heavy atom. The van der Waals surface area contributed by atoms with Crippen LogP contribution in [0.1, 0.15) is 17.4 Å². The molecule has 0 saturated heterocycles. The van der Waals surface area contributed by atoms with E-state index in [2.05, 4.69) is 0 Å². The van der Waals surface area contributed by atoms with Gasteiger partial charge in [-0.25, -0.2) is 0 Å². The van der Waals surface area contributed by atoms with E-state index in [1.165, 1.54) is 23.1 Å². The van der Waals surface area contributed by atoms with Crippen LogP contribution in [0, 0.1) is 0 Å². The number of carbonyl (C=O) groups is 1. The van der Waals surface area contributed by atoms with Crippen LogP contribution in [0.2, 0.25) is 0 Å². The van der Waals surface area contributed by atoms with E-state index in [0.717, 1.165) is 9.77 Å². The zero-order valence-corrected chi connectivity index (χ0v) is 10.7. The normalized spacial score (nSPS) is 12.3. The van der Waals surface area contributed by atoms with Crippen molar-refractivity contribution in [2.24, 2.45) is 0 Å². The quantitative estimate of drug-likeness (QED) is 0.859. The molecular formula is C13H12O2S2. The van der Waals surface area contributed by atoms with Crippen molar-refractivity contribution in [2.45, 2.75) is 17.4 Å². The third-order valence-corrected chi connectivity index (χ3v) is 4.08. The summed E-state index contributed by atoms with van der Waals surface area (Å²) in [7, 11) is 0. The highest BCUT2D eigenvalue weighted by Gasteiger charge is 2.14. The maximum atomic E-state index is 11.7. The summed E-state index contributed by atoms with van der Waals surface area (Å²) in [5.74, 6) is 0. The Balaban J connectivity index is 1.90. The summed E-state index contributed by atoms with van der Waals surface area (Å²) in [5, 5.41) is 11.7. The maximum Gasteiger partial charge on any atom is 0.196 e. The lowest BCUT2D eigenvalue weighted by Crippen LogP contribution is -2.01. The van der Waals surface area contributed by atoms with Gasteiger partial charge in [-0.05, 0) is 23.6 Å². The number of rotatable bonds is 4. The maximum absolute atomic E-state index is 11.7. The second-order valence-electron chi connectivity index (χ2n) is 3.52. The lowest BCUT2D eigenvalue weighted by atomic mass is 10.2. The molecule has 2 rings (SSSR count). The fourth-order valence-electron chi connectivity index (χ4n) is 1.40. The summed E-state index contributed by atoms with van der Waals surface area (Å²) >= 11 is 2.64. The van der Waals surface area contributed by atoms with Gasteiger partial charge in [0, 0.05) is 16.2 Å². The number of aliphatic hydroxyl groups excluding tert-OH is 1. The van der Waals surface area contributed by atoms with Crippen LogP contribution >= 0.6 is 23.1 Å². The van der Waals surface area contributed by atoms with Crippen LogP contribution < -0.4 is 0 Å². The molecule has 0 fully saturated rings. The SMILES string of the molecule is O=C(C[C@@H](O)c1cccs1)Sc1ccccc1. The molecule has 2 aromatic rings. The molecule has 0 aliphatic rings. The number of carbonyl (C=O) groups excluding carboxylic acids is 1. The molecule has 1 atom stereocenters. The van der Waals surface area contributed by atoms with Crippen molar-refractivity contribution in [3.05, 3.63) is 52.7 Å². The van der Waals surface area contributed by atoms with E-state index < -0.39 is 6.10 Å². The van der Waals surface area contributed by atoms with Gasteiger partial charge in [-0.15, -0.1) is 11.3 Å². The Hall–Kier alpha value is -1.10. The molecule has 0 unspecified atom stereocenters. The van der Waals surface area contributed by atoms with Crippen molar-refractivity contribution in [3.63, 3.8) is 0 Å². The van der Waals surface area contributed by atoms with Gasteiger partial charge in [0.1, 0.15) is 0 Å². The average Bonchev–Trinajstić information content (AvgIpc) is 2.83. The molecule has 17 heavy (non-hydrogen) atoms. The summed E-state index contributed by atoms with van der Waals surface area (Å²) in [5.41, 5.74) is 0. The van der Waals surface area contributed by atoms with E-state index in [0.29, 0.717) is 0 Å². The minimum Gasteiger partial charge on any atom is -0.387 e. The van der Waals surface area contributed by atoms with Crippen molar-refractivity contribution in [1.82, 2.24) is 0 Å². The van der Waals surface area contributed by atoms with E-state index in [-0.39, 0.29) is 11.5 Å². The molecule has 0 aliphatic carbocycles. The molecule has 0 spiro atoms. The van der Waals surface area contributed by atoms with Crippen molar-refractivity contribution >= 4 is 28.2 Å². The number of benzene rings is 1. The van der Waals surface area contributed by atoms with Gasteiger partial charge in [0.15, 0.2) is 5.12 Å². The number of hydrogen-bond donors (Lipinski definition) is 1. The standard InChI is InChI=1S/C13H12O2S2/c14-11(12-7-4-8-16-12)9-13(15)17-10-5-2-1-3-6-10/h1-8,11,14H,9H2/t11-/m1/s1. The fourth-order valence-corrected chi connectivity index (χ4v) is 2.91. The molecule has 88 valence electrons. The third kappa shape index (κ3) is 3.70. The highest BCUT2D eigenvalue weighted by Crippen LogP contribution is 2.27. The summed E-state index contributed by atoms with van der Waals surface area (Å²) in [6.07, 6.45) is -0.529. The Kier molecular flexibility index (Phi) is 4.36. The van der Waals surface area contributed by atoms with E-state index in [4.69, 9.17) is 0 Å². The van der Waals surface area contributed by atoms with Crippen molar-refractivity contribution < 1.29 is 9.90 Å². The highest BCUT2D eigenvalue weighted by molar-refractivity contribution is 8.13. The smallest absolute Gasteiger partial charge is 0.196 e. The molecule has 2 nitrogen and oxygen atoms in total. The molecule has 0 amide bonds. The Morgan fingerprint density at radius 1 is 1.24 bits per heavy atom. The lowest BCUT2D eigenvalue weighted by Gasteiger charge is -2.06. The Bertz CT molecular complexity index is 465. The van der Waals surface area contributed by atoms with Crippen LogP contribution in [0.15, 0.2) is 52.7 Å². The molecule has 0 saturated carbocycles. The van der Waals surface area contributed by atoms with Gasteiger partial charge >= 0.3 is 0 Å². The fraction of sp³-hybridized carbons (Fsp3) is 0.154. The predicted molar refractivity (Wildman–Crippen MR) is 71.2 cm³/mol. The van der Waals surface area contributed by atoms with E-state index in [9.17, 15) is 9.90 Å². The van der Waals surface area contributed by atoms with Gasteiger partial charge in [0.05, 0.1) is 6.10 Å². The first-order valence-electron chi connectivity index (χ1n) is 5.23. The molecule has 1 N–H and O–H groups in total. The second kappa shape index (κ2) is 6.00. The van der Waals surface area contributed by atoms with Crippen LogP contribution in [-0.2, 0) is 4.79 Å². The average molecular weight is 264 g/mol. The van der Waals surface area contributed by atoms with Gasteiger partial charge in [-0.2, -0.15) is 0 Å². The topological polar surface area (TPSA) is 37.3 Å². The van der Waals surface area contributed by atoms with Crippen LogP contribution in [-0.4, -0.2) is 10.2 Å². The van der Waals surface area contributed by atoms with Gasteiger partial charge < -0.3 is 5.11 Å². The molecule has 4 heteroatoms. The molecule has 0 radical (unpaired) electrons. The van der Waals surface area contributed by atoms with Crippen molar-refractivity contribution in [3.8, 4) is 0 Å². The first kappa shape index (κ1) is 12.4. The van der Waals surface area contributed by atoms with Crippen molar-refractivity contribution in [2.75, 3.05) is 0 Å². The first-order valence-corrected chi connectivity index (χ1v) is 6.92. The minimum atomic E-state index is -0.682. The molecule has 1 aromatic carbocycles. The van der Waals surface area contributed by atoms with Crippen molar-refractivity contribution in [1.29, 1.82) is 0 Å². The third-order valence-electron chi connectivity index (χ3n) is 2.21. The summed E-state index contributed by atoms with van der Waals surface area (Å²) in [6, 6.07) is 13.2. The number of thiophene rings is 1. The van der Waals surface area contributed by atoms with Gasteiger partial charge in [0.2, 0.25) is 0 Å². The van der Waals surface area contributed by atoms with Gasteiger partial charge in [0.25, 0.3) is 0 Å². The lowest BCUT2D eigenvalue weighted by molar-refractivity contribution is -0.112. The summed E-state index contributed by atoms with van der Waals surface area (Å²) in [6.45, 7) is 0. The predicted octanol–water partition coefficient (Wildman–Crippen LogP) is 3.49. The number of aliphatic hydroxyl groups is 1. The van der Waals surface area contributed by atoms with Crippen LogP contribution in [0.25, 0.3) is 0 Å². The number of thioether (sulfide) groups is 1. The minimum absolute atomic E-state index is 0.0166. The highest BCUT2D eigenvalue weighted by atomic mass is 32.2. The largest absolute Gasteiger partial charge is 0.387 e. The molecular weight excluding hydrogens is 252 g/mol. The molecule has 1 heterocycles. The first-order chi connectivity index (χ1) is 8.25. The number of hydrogen-bond acceptors (Lipinski definition) is 4. The van der Waals surface area contributed by atoms with Crippen LogP contribution in [0.4, 0.5) is 0 Å². The second-order valence-corrected chi connectivity index (χ2v) is 5.63. The van der Waals surface area contributed by atoms with Gasteiger partial charge in [-0.1, -0.05) is 36.0 Å². The monoisotopic (exact) mass is 264 g/mol. The van der Waals surface area contributed by atoms with E-state index in [1.54, 1.807) is 0 Å². The zero-order chi connectivity index (χ0) is 12.1. The summed E-state index contributed by atoms with van der Waals surface area (Å²) in [4.78, 5) is 13.5. The van der Waals surface area contributed by atoms with Gasteiger partial charge in [-0.3, -0.25) is 4.79 Å². The zero-order valence-electron chi connectivity index (χ0n) is 9.08. The Labute approximate surface area is 108 Å². The Morgan fingerprint density at radius 3 is 2.65 bits per heavy atom. The molecule has 1 aromatic heterocycles. The van der Waals surface area contributed by atoms with E-state index in [1.807, 2.05) is 47.8 Å². The van der Waals surface area contributed by atoms with Crippen LogP contribution in [0.3, 0.4) is 0 Å². The molecule has 0 bridgehead atoms. The summed E-state index contributed by atoms with van der Waals surface area (Å²) < 4.78 is 0. The molecule has 0 aliphatic heterocycles. The van der Waals surface area contributed by atoms with Crippen LogP contribution in [0.5, 0.6) is 0 Å².